The molecule has 0 unspecified atom stereocenters. The molecule has 7 nitrogen and oxygen atoms in total. The zero-order chi connectivity index (χ0) is 23.8. The van der Waals surface area contributed by atoms with Crippen LogP contribution in [0.15, 0.2) is 42.7 Å². The number of methoxy groups -OCH3 is 2. The van der Waals surface area contributed by atoms with Crippen LogP contribution in [0.1, 0.15) is 20.8 Å². The van der Waals surface area contributed by atoms with Gasteiger partial charge in [0.15, 0.2) is 11.5 Å². The molecule has 1 amide bonds. The second-order valence-electron chi connectivity index (χ2n) is 8.31. The van der Waals surface area contributed by atoms with Crippen molar-refractivity contribution in [3.63, 3.8) is 0 Å². The van der Waals surface area contributed by atoms with Gasteiger partial charge in [0.05, 0.1) is 19.2 Å². The number of aromatic amines is 1. The number of aromatic nitrogens is 2. The summed E-state index contributed by atoms with van der Waals surface area (Å²) in [5, 5.41) is 9.65. The van der Waals surface area contributed by atoms with Crippen LogP contribution < -0.4 is 20.1 Å². The summed E-state index contributed by atoms with van der Waals surface area (Å²) in [6.07, 6.45) is 3.53. The summed E-state index contributed by atoms with van der Waals surface area (Å²) in [4.78, 5) is 20.3. The van der Waals surface area contributed by atoms with Crippen molar-refractivity contribution in [1.82, 2.24) is 15.3 Å². The summed E-state index contributed by atoms with van der Waals surface area (Å²) >= 11 is 6.22. The van der Waals surface area contributed by atoms with E-state index in [0.717, 1.165) is 38.6 Å². The third kappa shape index (κ3) is 4.28. The van der Waals surface area contributed by atoms with Crippen molar-refractivity contribution in [1.29, 1.82) is 0 Å². The Morgan fingerprint density at radius 2 is 1.82 bits per heavy atom. The van der Waals surface area contributed by atoms with Gasteiger partial charge < -0.3 is 25.1 Å². The van der Waals surface area contributed by atoms with Crippen molar-refractivity contribution in [3.05, 3.63) is 47.7 Å². The Balaban J connectivity index is 1.95. The molecule has 4 aromatic rings. The fourth-order valence-corrected chi connectivity index (χ4v) is 4.10. The van der Waals surface area contributed by atoms with E-state index >= 15 is 0 Å². The normalized spacial score (nSPS) is 11.6. The highest BCUT2D eigenvalue weighted by molar-refractivity contribution is 6.31. The average Bonchev–Trinajstić information content (AvgIpc) is 3.21. The molecular formula is C25H27ClN4O3. The number of ether oxygens (including phenoxy) is 2. The Labute approximate surface area is 197 Å². The van der Waals surface area contributed by atoms with E-state index in [1.165, 1.54) is 0 Å². The van der Waals surface area contributed by atoms with Crippen LogP contribution in [0.5, 0.6) is 11.5 Å². The van der Waals surface area contributed by atoms with Crippen LogP contribution in [0.25, 0.3) is 32.9 Å². The number of halogens is 1. The van der Waals surface area contributed by atoms with Gasteiger partial charge in [0.25, 0.3) is 0 Å². The standard InChI is InChI=1S/C25H27ClN4O3/c1-6-27-24(31)25(2,3)30-20-8-14(19-13-29-23-18(19)10-16(26)12-28-23)7-15-9-21(32-4)22(33-5)11-17(15)20/h7-13,30H,6H2,1-5H3,(H,27,31)(H,28,29). The molecule has 0 radical (unpaired) electrons. The zero-order valence-corrected chi connectivity index (χ0v) is 20.1. The lowest BCUT2D eigenvalue weighted by molar-refractivity contribution is -0.124. The van der Waals surface area contributed by atoms with Gasteiger partial charge >= 0.3 is 0 Å². The number of H-pyrrole nitrogens is 1. The van der Waals surface area contributed by atoms with Crippen LogP contribution >= 0.6 is 11.6 Å². The fraction of sp³-hybridized carbons (Fsp3) is 0.280. The highest BCUT2D eigenvalue weighted by atomic mass is 35.5. The maximum absolute atomic E-state index is 12.7. The van der Waals surface area contributed by atoms with Gasteiger partial charge in [-0.2, -0.15) is 0 Å². The molecule has 0 atom stereocenters. The molecule has 2 heterocycles. The lowest BCUT2D eigenvalue weighted by atomic mass is 9.97. The Hall–Kier alpha value is -3.45. The quantitative estimate of drug-likeness (QED) is 0.340. The van der Waals surface area contributed by atoms with Crippen molar-refractivity contribution < 1.29 is 14.3 Å². The number of hydrogen-bond acceptors (Lipinski definition) is 5. The van der Waals surface area contributed by atoms with Crippen molar-refractivity contribution in [3.8, 4) is 22.6 Å². The smallest absolute Gasteiger partial charge is 0.245 e. The first-order chi connectivity index (χ1) is 15.8. The number of hydrogen-bond donors (Lipinski definition) is 3. The van der Waals surface area contributed by atoms with E-state index in [9.17, 15) is 4.79 Å². The highest BCUT2D eigenvalue weighted by Crippen LogP contribution is 2.40. The summed E-state index contributed by atoms with van der Waals surface area (Å²) in [5.41, 5.74) is 2.59. The number of carbonyl (C=O) groups excluding carboxylic acids is 1. The topological polar surface area (TPSA) is 88.3 Å². The summed E-state index contributed by atoms with van der Waals surface area (Å²) in [6.45, 7) is 6.16. The second kappa shape index (κ2) is 8.83. The Morgan fingerprint density at radius 1 is 1.09 bits per heavy atom. The molecule has 0 aliphatic rings. The third-order valence-electron chi connectivity index (χ3n) is 5.62. The first-order valence-electron chi connectivity index (χ1n) is 10.7. The molecule has 2 aromatic heterocycles. The number of carbonyl (C=O) groups is 1. The molecule has 3 N–H and O–H groups in total. The Bertz CT molecular complexity index is 1350. The van der Waals surface area contributed by atoms with Gasteiger partial charge in [-0.05, 0) is 62.1 Å². The zero-order valence-electron chi connectivity index (χ0n) is 19.3. The van der Waals surface area contributed by atoms with Gasteiger partial charge in [-0.3, -0.25) is 4.79 Å². The Morgan fingerprint density at radius 3 is 2.52 bits per heavy atom. The van der Waals surface area contributed by atoms with Crippen LogP contribution in [-0.2, 0) is 4.79 Å². The van der Waals surface area contributed by atoms with E-state index in [1.54, 1.807) is 20.4 Å². The van der Waals surface area contributed by atoms with Crippen LogP contribution in [0.4, 0.5) is 5.69 Å². The summed E-state index contributed by atoms with van der Waals surface area (Å²) in [7, 11) is 3.21. The lowest BCUT2D eigenvalue weighted by Gasteiger charge is -2.27. The van der Waals surface area contributed by atoms with Crippen molar-refractivity contribution >= 4 is 45.0 Å². The maximum atomic E-state index is 12.7. The van der Waals surface area contributed by atoms with Gasteiger partial charge in [0.1, 0.15) is 11.2 Å². The molecule has 2 aromatic carbocycles. The summed E-state index contributed by atoms with van der Waals surface area (Å²) in [5.74, 6) is 1.14. The van der Waals surface area contributed by atoms with E-state index in [-0.39, 0.29) is 5.91 Å². The molecule has 0 saturated carbocycles. The molecule has 0 saturated heterocycles. The minimum absolute atomic E-state index is 0.0906. The first kappa shape index (κ1) is 22.7. The lowest BCUT2D eigenvalue weighted by Crippen LogP contribution is -2.47. The number of nitrogens with one attached hydrogen (secondary N) is 3. The number of anilines is 1. The number of pyridine rings is 1. The number of likely N-dealkylation sites (N-methyl/N-ethyl adjacent to an activating group) is 1. The van der Waals surface area contributed by atoms with Gasteiger partial charge in [-0.25, -0.2) is 4.98 Å². The maximum Gasteiger partial charge on any atom is 0.245 e. The van der Waals surface area contributed by atoms with Crippen molar-refractivity contribution in [2.75, 3.05) is 26.1 Å². The van der Waals surface area contributed by atoms with E-state index in [4.69, 9.17) is 21.1 Å². The minimum Gasteiger partial charge on any atom is -0.493 e. The van der Waals surface area contributed by atoms with Crippen molar-refractivity contribution in [2.24, 2.45) is 0 Å². The number of rotatable bonds is 7. The predicted octanol–water partition coefficient (Wildman–Crippen LogP) is 5.38. The van der Waals surface area contributed by atoms with Gasteiger partial charge in [-0.15, -0.1) is 0 Å². The van der Waals surface area contributed by atoms with Gasteiger partial charge in [0, 0.05) is 41.0 Å². The van der Waals surface area contributed by atoms with Crippen LogP contribution in [0.2, 0.25) is 5.02 Å². The largest absolute Gasteiger partial charge is 0.493 e. The molecule has 172 valence electrons. The summed E-state index contributed by atoms with van der Waals surface area (Å²) < 4.78 is 11.1. The predicted molar refractivity (Wildman–Crippen MR) is 134 cm³/mol. The molecule has 33 heavy (non-hydrogen) atoms. The highest BCUT2D eigenvalue weighted by Gasteiger charge is 2.28. The van der Waals surface area contributed by atoms with Crippen LogP contribution in [0.3, 0.4) is 0 Å². The molecule has 0 fully saturated rings. The number of amides is 1. The SMILES string of the molecule is CCNC(=O)C(C)(C)Nc1cc(-c2c[nH]c3ncc(Cl)cc23)cc2cc(OC)c(OC)cc12. The van der Waals surface area contributed by atoms with Crippen LogP contribution in [0, 0.1) is 0 Å². The summed E-state index contributed by atoms with van der Waals surface area (Å²) in [6, 6.07) is 9.84. The van der Waals surface area contributed by atoms with Gasteiger partial charge in [0.2, 0.25) is 5.91 Å². The minimum atomic E-state index is -0.847. The molecule has 8 heteroatoms. The third-order valence-corrected chi connectivity index (χ3v) is 5.82. The molecule has 4 rings (SSSR count). The average molecular weight is 467 g/mol. The first-order valence-corrected chi connectivity index (χ1v) is 11.0. The van der Waals surface area contributed by atoms with Crippen LogP contribution in [-0.4, -0.2) is 42.2 Å². The molecule has 0 aliphatic heterocycles. The fourth-order valence-electron chi connectivity index (χ4n) is 3.94. The van der Waals surface area contributed by atoms with E-state index < -0.39 is 5.54 Å². The number of fused-ring (bicyclic) bond motifs is 2. The monoisotopic (exact) mass is 466 g/mol. The van der Waals surface area contributed by atoms with E-state index in [2.05, 4.69) is 26.7 Å². The Kier molecular flexibility index (Phi) is 6.08. The molecule has 0 bridgehead atoms. The van der Waals surface area contributed by atoms with E-state index in [1.807, 2.05) is 51.2 Å². The molecule has 0 aliphatic carbocycles. The van der Waals surface area contributed by atoms with Gasteiger partial charge in [-0.1, -0.05) is 11.6 Å². The second-order valence-corrected chi connectivity index (χ2v) is 8.75. The van der Waals surface area contributed by atoms with E-state index in [0.29, 0.717) is 23.1 Å². The van der Waals surface area contributed by atoms with Crippen molar-refractivity contribution in [2.45, 2.75) is 26.3 Å². The number of nitrogens with zero attached hydrogens (tertiary/aromatic N) is 1. The number of benzene rings is 2. The molecular weight excluding hydrogens is 440 g/mol. The molecule has 0 spiro atoms.